The minimum atomic E-state index is -1.13. The Morgan fingerprint density at radius 1 is 1.10 bits per heavy atom. The van der Waals surface area contributed by atoms with Crippen molar-refractivity contribution in [1.29, 1.82) is 0 Å². The number of rotatable bonds is 8. The first-order chi connectivity index (χ1) is 20.2. The van der Waals surface area contributed by atoms with Crippen LogP contribution in [-0.2, 0) is 25.5 Å². The van der Waals surface area contributed by atoms with E-state index in [4.69, 9.17) is 21.1 Å². The first-order valence-electron chi connectivity index (χ1n) is 14.0. The molecule has 222 valence electrons. The molecule has 2 aromatic carbocycles. The molecule has 2 atom stereocenters. The van der Waals surface area contributed by atoms with Crippen LogP contribution in [0.25, 0.3) is 10.8 Å². The monoisotopic (exact) mass is 599 g/mol. The molecule has 11 heteroatoms. The second-order valence-electron chi connectivity index (χ2n) is 10.8. The third kappa shape index (κ3) is 6.87. The number of alkyl halides is 1. The number of likely N-dealkylation sites (tertiary alicyclic amines) is 1. The number of carbonyl (C=O) groups excluding carboxylic acids is 3. The predicted octanol–water partition coefficient (Wildman–Crippen LogP) is 5.51. The highest BCUT2D eigenvalue weighted by Gasteiger charge is 2.36. The zero-order valence-corrected chi connectivity index (χ0v) is 23.9. The Labute approximate surface area is 247 Å². The van der Waals surface area contributed by atoms with E-state index in [0.29, 0.717) is 47.7 Å². The Balaban J connectivity index is 1.18. The summed E-state index contributed by atoms with van der Waals surface area (Å²) >= 11 is 6.45. The molecule has 5 rings (SSSR count). The average molecular weight is 600 g/mol. The highest BCUT2D eigenvalue weighted by atomic mass is 35.5. The number of pyridine rings is 1. The number of methoxy groups -OCH3 is 1. The zero-order valence-electron chi connectivity index (χ0n) is 23.2. The van der Waals surface area contributed by atoms with Crippen LogP contribution >= 0.6 is 11.6 Å². The number of ether oxygens (including phenoxy) is 2. The molecule has 42 heavy (non-hydrogen) atoms. The number of hydrogen-bond donors (Lipinski definition) is 1. The van der Waals surface area contributed by atoms with Crippen molar-refractivity contribution in [2.45, 2.75) is 56.8 Å². The van der Waals surface area contributed by atoms with Crippen molar-refractivity contribution >= 4 is 45.8 Å². The van der Waals surface area contributed by atoms with E-state index in [9.17, 15) is 23.2 Å². The van der Waals surface area contributed by atoms with E-state index in [2.05, 4.69) is 10.3 Å². The van der Waals surface area contributed by atoms with Crippen LogP contribution in [0.1, 0.15) is 48.2 Å². The number of nitrogens with zero attached hydrogens (tertiary/aromatic N) is 2. The van der Waals surface area contributed by atoms with Gasteiger partial charge in [0.05, 0.1) is 55.5 Å². The van der Waals surface area contributed by atoms with Crippen LogP contribution in [0.3, 0.4) is 0 Å². The molecule has 2 fully saturated rings. The van der Waals surface area contributed by atoms with Gasteiger partial charge in [0, 0.05) is 18.0 Å². The van der Waals surface area contributed by atoms with Gasteiger partial charge in [0.2, 0.25) is 5.91 Å². The summed E-state index contributed by atoms with van der Waals surface area (Å²) in [4.78, 5) is 43.5. The van der Waals surface area contributed by atoms with Crippen molar-refractivity contribution in [2.75, 3.05) is 25.6 Å². The summed E-state index contributed by atoms with van der Waals surface area (Å²) in [6.07, 6.45) is 3.32. The number of esters is 1. The molecule has 1 aliphatic heterocycles. The fourth-order valence-corrected chi connectivity index (χ4v) is 6.00. The molecule has 0 spiro atoms. The molecule has 8 nitrogen and oxygen atoms in total. The predicted molar refractivity (Wildman–Crippen MR) is 154 cm³/mol. The summed E-state index contributed by atoms with van der Waals surface area (Å²) in [7, 11) is 1.39. The first-order valence-corrected chi connectivity index (χ1v) is 14.4. The summed E-state index contributed by atoms with van der Waals surface area (Å²) in [6.45, 7) is 0.236. The van der Waals surface area contributed by atoms with E-state index < -0.39 is 17.9 Å². The van der Waals surface area contributed by atoms with Crippen LogP contribution in [-0.4, -0.2) is 66.2 Å². The SMILES string of the molecule is COC(=O)C1CCC(OC[C@@H]2C[C@H](F)CN2C(=O)Cc2ccc(NC(=O)c3nccc4ccc(F)cc34)c(Cl)c2)CC1. The Kier molecular flexibility index (Phi) is 9.33. The second-order valence-corrected chi connectivity index (χ2v) is 11.2. The van der Waals surface area contributed by atoms with Crippen molar-refractivity contribution in [2.24, 2.45) is 5.92 Å². The van der Waals surface area contributed by atoms with Gasteiger partial charge in [-0.1, -0.05) is 23.7 Å². The van der Waals surface area contributed by atoms with Crippen LogP contribution in [0.5, 0.6) is 0 Å². The van der Waals surface area contributed by atoms with Gasteiger partial charge in [-0.25, -0.2) is 8.78 Å². The zero-order chi connectivity index (χ0) is 29.8. The number of amides is 2. The lowest BCUT2D eigenvalue weighted by atomic mass is 9.87. The fourth-order valence-electron chi connectivity index (χ4n) is 5.75. The third-order valence-electron chi connectivity index (χ3n) is 8.00. The molecule has 1 aromatic heterocycles. The van der Waals surface area contributed by atoms with Gasteiger partial charge >= 0.3 is 5.97 Å². The quantitative estimate of drug-likeness (QED) is 0.343. The maximum Gasteiger partial charge on any atom is 0.308 e. The van der Waals surface area contributed by atoms with Gasteiger partial charge in [0.15, 0.2) is 0 Å². The maximum atomic E-state index is 14.4. The summed E-state index contributed by atoms with van der Waals surface area (Å²) in [5.74, 6) is -1.58. The normalized spacial score (nSPS) is 22.2. The molecule has 1 saturated heterocycles. The molecule has 2 amide bonds. The van der Waals surface area contributed by atoms with Gasteiger partial charge in [0.1, 0.15) is 17.7 Å². The number of nitrogens with one attached hydrogen (secondary N) is 1. The highest BCUT2D eigenvalue weighted by molar-refractivity contribution is 6.34. The van der Waals surface area contributed by atoms with Gasteiger partial charge in [0.25, 0.3) is 5.91 Å². The molecule has 3 aromatic rings. The van der Waals surface area contributed by atoms with Crippen molar-refractivity contribution in [3.05, 3.63) is 70.8 Å². The van der Waals surface area contributed by atoms with Crippen LogP contribution in [0.4, 0.5) is 14.5 Å². The van der Waals surface area contributed by atoms with E-state index in [1.807, 2.05) is 0 Å². The molecular weight excluding hydrogens is 568 g/mol. The van der Waals surface area contributed by atoms with Crippen molar-refractivity contribution in [3.8, 4) is 0 Å². The van der Waals surface area contributed by atoms with Crippen molar-refractivity contribution < 1.29 is 32.6 Å². The summed E-state index contributed by atoms with van der Waals surface area (Å²) < 4.78 is 39.1. The van der Waals surface area contributed by atoms with Crippen LogP contribution in [0, 0.1) is 11.7 Å². The number of halogens is 3. The standard InChI is InChI=1S/C31H32ClF2N3O5/c1-41-31(40)20-4-7-24(8-5-20)42-17-23-14-22(34)16-37(23)28(38)13-18-2-9-27(26(32)12-18)36-30(39)29-25-15-21(33)6-3-19(25)10-11-35-29/h2-3,6,9-12,15,20,22-24H,4-5,7-8,13-14,16-17H2,1H3,(H,36,39)/t20?,22-,23-,24?/m0/s1. The second kappa shape index (κ2) is 13.1. The number of aromatic nitrogens is 1. The number of carbonyl (C=O) groups is 3. The van der Waals surface area contributed by atoms with E-state index in [0.717, 1.165) is 0 Å². The summed E-state index contributed by atoms with van der Waals surface area (Å²) in [5.41, 5.74) is 0.977. The lowest BCUT2D eigenvalue weighted by molar-refractivity contribution is -0.148. The molecule has 0 bridgehead atoms. The lowest BCUT2D eigenvalue weighted by Gasteiger charge is -2.30. The average Bonchev–Trinajstić information content (AvgIpc) is 3.37. The molecule has 1 saturated carbocycles. The minimum absolute atomic E-state index is 0.00242. The van der Waals surface area contributed by atoms with E-state index in [-0.39, 0.29) is 66.7 Å². The molecule has 2 heterocycles. The summed E-state index contributed by atoms with van der Waals surface area (Å²) in [5, 5.41) is 3.96. The molecule has 1 N–H and O–H groups in total. The molecular formula is C31H32ClF2N3O5. The van der Waals surface area contributed by atoms with Crippen molar-refractivity contribution in [1.82, 2.24) is 9.88 Å². The van der Waals surface area contributed by atoms with Crippen LogP contribution < -0.4 is 5.32 Å². The highest BCUT2D eigenvalue weighted by Crippen LogP contribution is 2.30. The number of hydrogen-bond acceptors (Lipinski definition) is 6. The third-order valence-corrected chi connectivity index (χ3v) is 8.31. The fraction of sp³-hybridized carbons (Fsp3) is 0.419. The van der Waals surface area contributed by atoms with E-state index in [1.54, 1.807) is 30.3 Å². The van der Waals surface area contributed by atoms with Gasteiger partial charge in [-0.05, 0) is 67.0 Å². The topological polar surface area (TPSA) is 97.8 Å². The first kappa shape index (κ1) is 29.8. The molecule has 2 aliphatic rings. The minimum Gasteiger partial charge on any atom is -0.469 e. The Hall–Kier alpha value is -3.63. The maximum absolute atomic E-state index is 14.4. The molecule has 0 radical (unpaired) electrons. The van der Waals surface area contributed by atoms with E-state index >= 15 is 0 Å². The van der Waals surface area contributed by atoms with Gasteiger partial charge < -0.3 is 19.7 Å². The molecule has 1 aliphatic carbocycles. The summed E-state index contributed by atoms with van der Waals surface area (Å²) in [6, 6.07) is 10.3. The Bertz CT molecular complexity index is 1480. The largest absolute Gasteiger partial charge is 0.469 e. The van der Waals surface area contributed by atoms with Gasteiger partial charge in [-0.15, -0.1) is 0 Å². The number of fused-ring (bicyclic) bond motifs is 1. The molecule has 0 unspecified atom stereocenters. The lowest BCUT2D eigenvalue weighted by Crippen LogP contribution is -2.40. The van der Waals surface area contributed by atoms with Gasteiger partial charge in [-0.2, -0.15) is 0 Å². The van der Waals surface area contributed by atoms with Crippen LogP contribution in [0.2, 0.25) is 5.02 Å². The Morgan fingerprint density at radius 3 is 2.62 bits per heavy atom. The van der Waals surface area contributed by atoms with Crippen LogP contribution in [0.15, 0.2) is 48.7 Å². The Morgan fingerprint density at radius 2 is 1.88 bits per heavy atom. The van der Waals surface area contributed by atoms with Gasteiger partial charge in [-0.3, -0.25) is 19.4 Å². The number of anilines is 1. The van der Waals surface area contributed by atoms with E-state index in [1.165, 1.54) is 30.3 Å². The number of benzene rings is 2. The van der Waals surface area contributed by atoms with Crippen molar-refractivity contribution in [3.63, 3.8) is 0 Å². The smallest absolute Gasteiger partial charge is 0.308 e.